The van der Waals surface area contributed by atoms with Gasteiger partial charge in [-0.2, -0.15) is 0 Å². The molecular weight excluding hydrogens is 253 g/mol. The molecule has 0 aromatic heterocycles. The Morgan fingerprint density at radius 3 is 2.50 bits per heavy atom. The Balaban J connectivity index is 0.00000162. The molecule has 1 saturated carbocycles. The fourth-order valence-corrected chi connectivity index (χ4v) is 2.66. The average Bonchev–Trinajstić information content (AvgIpc) is 2.39. The maximum atomic E-state index is 13.6. The zero-order valence-corrected chi connectivity index (χ0v) is 11.5. The van der Waals surface area contributed by atoms with Crippen LogP contribution in [0.25, 0.3) is 0 Å². The minimum absolute atomic E-state index is 0. The Labute approximate surface area is 114 Å². The Morgan fingerprint density at radius 1 is 1.28 bits per heavy atom. The van der Waals surface area contributed by atoms with E-state index in [1.54, 1.807) is 6.07 Å². The number of hydrogen-bond acceptors (Lipinski definition) is 2. The molecule has 0 saturated heterocycles. The third-order valence-corrected chi connectivity index (χ3v) is 3.72. The lowest BCUT2D eigenvalue weighted by atomic mass is 9.81. The van der Waals surface area contributed by atoms with Gasteiger partial charge in [0, 0.05) is 6.04 Å². The number of methoxy groups -OCH3 is 1. The van der Waals surface area contributed by atoms with Crippen LogP contribution in [0.1, 0.15) is 43.7 Å². The number of halogens is 2. The third-order valence-electron chi connectivity index (χ3n) is 3.72. The summed E-state index contributed by atoms with van der Waals surface area (Å²) in [5.74, 6) is 0.456. The molecule has 0 radical (unpaired) electrons. The maximum absolute atomic E-state index is 13.6. The second kappa shape index (κ2) is 6.95. The van der Waals surface area contributed by atoms with Crippen molar-refractivity contribution in [2.45, 2.75) is 38.1 Å². The van der Waals surface area contributed by atoms with Gasteiger partial charge in [0.1, 0.15) is 0 Å². The zero-order chi connectivity index (χ0) is 12.3. The molecule has 102 valence electrons. The van der Waals surface area contributed by atoms with Crippen molar-refractivity contribution in [1.29, 1.82) is 0 Å². The highest BCUT2D eigenvalue weighted by atomic mass is 35.5. The molecule has 2 nitrogen and oxygen atoms in total. The number of benzene rings is 1. The van der Waals surface area contributed by atoms with Crippen molar-refractivity contribution >= 4 is 12.4 Å². The summed E-state index contributed by atoms with van der Waals surface area (Å²) in [5.41, 5.74) is 7.11. The van der Waals surface area contributed by atoms with Gasteiger partial charge in [0.05, 0.1) is 7.11 Å². The van der Waals surface area contributed by atoms with Gasteiger partial charge in [-0.3, -0.25) is 0 Å². The van der Waals surface area contributed by atoms with Gasteiger partial charge in [0.15, 0.2) is 11.6 Å². The Morgan fingerprint density at radius 2 is 1.94 bits per heavy atom. The van der Waals surface area contributed by atoms with Crippen molar-refractivity contribution in [2.75, 3.05) is 7.11 Å². The molecule has 1 fully saturated rings. The molecule has 0 amide bonds. The highest BCUT2D eigenvalue weighted by Gasteiger charge is 2.22. The highest BCUT2D eigenvalue weighted by Crippen LogP contribution is 2.33. The van der Waals surface area contributed by atoms with E-state index in [1.807, 2.05) is 6.07 Å². The van der Waals surface area contributed by atoms with Crippen LogP contribution in [0.4, 0.5) is 4.39 Å². The molecule has 1 atom stereocenters. The Kier molecular flexibility index (Phi) is 5.89. The van der Waals surface area contributed by atoms with Gasteiger partial charge >= 0.3 is 0 Å². The minimum atomic E-state index is -0.323. The Bertz CT molecular complexity index is 380. The maximum Gasteiger partial charge on any atom is 0.165 e. The smallest absolute Gasteiger partial charge is 0.165 e. The summed E-state index contributed by atoms with van der Waals surface area (Å²) in [5, 5.41) is 0. The predicted molar refractivity (Wildman–Crippen MR) is 73.7 cm³/mol. The SMILES string of the molecule is COc1ccc([C@@H](N)C2CCCCC2)cc1F.Cl. The number of nitrogens with two attached hydrogens (primary N) is 1. The molecule has 0 spiro atoms. The fraction of sp³-hybridized carbons (Fsp3) is 0.571. The van der Waals surface area contributed by atoms with Gasteiger partial charge in [-0.25, -0.2) is 4.39 Å². The van der Waals surface area contributed by atoms with Crippen LogP contribution in [0, 0.1) is 11.7 Å². The van der Waals surface area contributed by atoms with Crippen LogP contribution in [-0.4, -0.2) is 7.11 Å². The highest BCUT2D eigenvalue weighted by molar-refractivity contribution is 5.85. The van der Waals surface area contributed by atoms with E-state index < -0.39 is 0 Å². The number of ether oxygens (including phenoxy) is 1. The predicted octanol–water partition coefficient (Wildman–Crippen LogP) is 3.84. The first-order valence-corrected chi connectivity index (χ1v) is 6.31. The molecule has 0 unspecified atom stereocenters. The van der Waals surface area contributed by atoms with Crippen LogP contribution in [-0.2, 0) is 0 Å². The molecule has 1 aromatic rings. The minimum Gasteiger partial charge on any atom is -0.494 e. The van der Waals surface area contributed by atoms with Crippen molar-refractivity contribution in [2.24, 2.45) is 11.7 Å². The van der Waals surface area contributed by atoms with E-state index in [9.17, 15) is 4.39 Å². The summed E-state index contributed by atoms with van der Waals surface area (Å²) in [6, 6.07) is 5.00. The second-order valence-electron chi connectivity index (χ2n) is 4.82. The lowest BCUT2D eigenvalue weighted by Gasteiger charge is -2.27. The van der Waals surface area contributed by atoms with E-state index in [0.29, 0.717) is 5.92 Å². The number of hydrogen-bond donors (Lipinski definition) is 1. The van der Waals surface area contributed by atoms with Crippen LogP contribution >= 0.6 is 12.4 Å². The molecule has 1 aliphatic carbocycles. The summed E-state index contributed by atoms with van der Waals surface area (Å²) < 4.78 is 18.5. The molecule has 0 aliphatic heterocycles. The van der Waals surface area contributed by atoms with Crippen molar-refractivity contribution in [3.63, 3.8) is 0 Å². The molecule has 0 bridgehead atoms. The summed E-state index contributed by atoms with van der Waals surface area (Å²) >= 11 is 0. The van der Waals surface area contributed by atoms with Gasteiger partial charge in [0.2, 0.25) is 0 Å². The van der Waals surface area contributed by atoms with Crippen molar-refractivity contribution in [3.8, 4) is 5.75 Å². The van der Waals surface area contributed by atoms with Crippen molar-refractivity contribution in [1.82, 2.24) is 0 Å². The van der Waals surface area contributed by atoms with Gasteiger partial charge in [-0.05, 0) is 36.5 Å². The molecule has 18 heavy (non-hydrogen) atoms. The van der Waals surface area contributed by atoms with E-state index in [1.165, 1.54) is 32.4 Å². The van der Waals surface area contributed by atoms with Crippen molar-refractivity contribution in [3.05, 3.63) is 29.6 Å². The van der Waals surface area contributed by atoms with Gasteiger partial charge in [-0.15, -0.1) is 12.4 Å². The normalized spacial score (nSPS) is 17.9. The van der Waals surface area contributed by atoms with Crippen LogP contribution in [0.2, 0.25) is 0 Å². The molecule has 1 aromatic carbocycles. The molecule has 2 rings (SSSR count). The van der Waals surface area contributed by atoms with Gasteiger partial charge < -0.3 is 10.5 Å². The summed E-state index contributed by atoms with van der Waals surface area (Å²) in [7, 11) is 1.47. The summed E-state index contributed by atoms with van der Waals surface area (Å²) in [6.07, 6.45) is 6.12. The quantitative estimate of drug-likeness (QED) is 0.908. The first kappa shape index (κ1) is 15.3. The van der Waals surface area contributed by atoms with E-state index in [4.69, 9.17) is 10.5 Å². The van der Waals surface area contributed by atoms with E-state index >= 15 is 0 Å². The average molecular weight is 274 g/mol. The fourth-order valence-electron chi connectivity index (χ4n) is 2.66. The van der Waals surface area contributed by atoms with Gasteiger partial charge in [-0.1, -0.05) is 25.3 Å². The van der Waals surface area contributed by atoms with Crippen molar-refractivity contribution < 1.29 is 9.13 Å². The molecule has 0 heterocycles. The summed E-state index contributed by atoms with van der Waals surface area (Å²) in [4.78, 5) is 0. The van der Waals surface area contributed by atoms with Crippen LogP contribution in [0.3, 0.4) is 0 Å². The first-order valence-electron chi connectivity index (χ1n) is 6.31. The first-order chi connectivity index (χ1) is 8.22. The molecule has 2 N–H and O–H groups in total. The van der Waals surface area contributed by atoms with E-state index in [0.717, 1.165) is 18.4 Å². The van der Waals surface area contributed by atoms with Gasteiger partial charge in [0.25, 0.3) is 0 Å². The van der Waals surface area contributed by atoms with Crippen LogP contribution < -0.4 is 10.5 Å². The Hall–Kier alpha value is -0.800. The van der Waals surface area contributed by atoms with Crippen LogP contribution in [0.5, 0.6) is 5.75 Å². The van der Waals surface area contributed by atoms with Crippen LogP contribution in [0.15, 0.2) is 18.2 Å². The zero-order valence-electron chi connectivity index (χ0n) is 10.7. The molecule has 1 aliphatic rings. The largest absolute Gasteiger partial charge is 0.494 e. The number of rotatable bonds is 3. The lowest BCUT2D eigenvalue weighted by molar-refractivity contribution is 0.307. The third kappa shape index (κ3) is 3.36. The topological polar surface area (TPSA) is 35.2 Å². The monoisotopic (exact) mass is 273 g/mol. The standard InChI is InChI=1S/C14H20FNO.ClH/c1-17-13-8-7-11(9-12(13)15)14(16)10-5-3-2-4-6-10;/h7-10,14H,2-6,16H2,1H3;1H/t14-;/m0./s1. The lowest BCUT2D eigenvalue weighted by Crippen LogP contribution is -2.23. The second-order valence-corrected chi connectivity index (χ2v) is 4.82. The van der Waals surface area contributed by atoms with E-state index in [2.05, 4.69) is 0 Å². The molecular formula is C14H21ClFNO. The molecule has 4 heteroatoms. The van der Waals surface area contributed by atoms with E-state index in [-0.39, 0.29) is 30.0 Å². The summed E-state index contributed by atoms with van der Waals surface area (Å²) in [6.45, 7) is 0.